The first-order chi connectivity index (χ1) is 16.5. The molecule has 1 heterocycles. The van der Waals surface area contributed by atoms with Crippen molar-refractivity contribution < 1.29 is 52.6 Å². The first-order valence-electron chi connectivity index (χ1n) is 10.5. The van der Waals surface area contributed by atoms with Gasteiger partial charge in [0.05, 0.1) is 6.61 Å². The molecule has 0 saturated carbocycles. The summed E-state index contributed by atoms with van der Waals surface area (Å²) >= 11 is 0. The summed E-state index contributed by atoms with van der Waals surface area (Å²) in [6.45, 7) is 1.36. The van der Waals surface area contributed by atoms with Crippen LogP contribution in [0.1, 0.15) is 18.4 Å². The average Bonchev–Trinajstić information content (AvgIpc) is 2.81. The normalized spacial score (nSPS) is 24.0. The number of rotatable bonds is 11. The van der Waals surface area contributed by atoms with Crippen LogP contribution >= 0.6 is 0 Å². The molecule has 1 aliphatic heterocycles. The molecule has 1 aromatic rings. The van der Waals surface area contributed by atoms with E-state index in [1.54, 1.807) is 12.1 Å². The van der Waals surface area contributed by atoms with Gasteiger partial charge in [0, 0.05) is 18.1 Å². The minimum absolute atomic E-state index is 0.0295. The van der Waals surface area contributed by atoms with Crippen molar-refractivity contribution >= 4 is 5.97 Å². The Hall–Kier alpha value is -2.65. The summed E-state index contributed by atoms with van der Waals surface area (Å²) in [5.74, 6) is -2.29. The van der Waals surface area contributed by atoms with Crippen molar-refractivity contribution in [3.8, 4) is 5.75 Å². The Morgan fingerprint density at radius 1 is 1.14 bits per heavy atom. The van der Waals surface area contributed by atoms with Crippen LogP contribution in [0.5, 0.6) is 5.75 Å². The maximum Gasteiger partial charge on any atom is 0.490 e. The summed E-state index contributed by atoms with van der Waals surface area (Å²) in [6, 6.07) is 7.18. The number of aliphatic hydroxyl groups is 3. The average molecular weight is 510 g/mol. The summed E-state index contributed by atoms with van der Waals surface area (Å²) in [6.07, 6.45) is -9.09. The predicted molar refractivity (Wildman–Crippen MR) is 114 cm³/mol. The summed E-state index contributed by atoms with van der Waals surface area (Å²) in [4.78, 5) is 11.6. The van der Waals surface area contributed by atoms with Crippen molar-refractivity contribution in [1.82, 2.24) is 0 Å². The fraction of sp³-hybridized carbons (Fsp3) is 0.650. The molecule has 12 nitrogen and oxygen atoms in total. The fourth-order valence-corrected chi connectivity index (χ4v) is 2.82. The zero-order valence-corrected chi connectivity index (χ0v) is 18.6. The number of halogens is 3. The Morgan fingerprint density at radius 2 is 1.77 bits per heavy atom. The van der Waals surface area contributed by atoms with Gasteiger partial charge < -0.3 is 40.4 Å². The van der Waals surface area contributed by atoms with E-state index < -0.39 is 42.9 Å². The van der Waals surface area contributed by atoms with Crippen LogP contribution in [-0.4, -0.2) is 89.6 Å². The zero-order chi connectivity index (χ0) is 26.4. The van der Waals surface area contributed by atoms with E-state index in [4.69, 9.17) is 35.4 Å². The van der Waals surface area contributed by atoms with Crippen molar-refractivity contribution in [1.29, 1.82) is 0 Å². The number of carboxylic acid groups (broad SMARTS) is 1. The molecule has 35 heavy (non-hydrogen) atoms. The van der Waals surface area contributed by atoms with E-state index in [1.807, 2.05) is 12.1 Å². The van der Waals surface area contributed by atoms with Crippen LogP contribution in [0.3, 0.4) is 0 Å². The van der Waals surface area contributed by atoms with E-state index in [2.05, 4.69) is 10.0 Å². The van der Waals surface area contributed by atoms with Crippen LogP contribution in [0, 0.1) is 0 Å². The number of carbonyl (C=O) groups is 1. The quantitative estimate of drug-likeness (QED) is 0.125. The Bertz CT molecular complexity index is 809. The summed E-state index contributed by atoms with van der Waals surface area (Å²) < 4.78 is 48.5. The van der Waals surface area contributed by atoms with Crippen LogP contribution in [0.15, 0.2) is 29.4 Å². The molecule has 1 aromatic carbocycles. The summed E-state index contributed by atoms with van der Waals surface area (Å²) in [5.41, 5.74) is 14.8. The fourth-order valence-electron chi connectivity index (χ4n) is 2.82. The van der Waals surface area contributed by atoms with Gasteiger partial charge in [-0.25, -0.2) is 4.79 Å². The van der Waals surface area contributed by atoms with Gasteiger partial charge in [-0.2, -0.15) is 13.2 Å². The monoisotopic (exact) mass is 510 g/mol. The number of aliphatic carboxylic acids is 1. The molecule has 1 aliphatic rings. The van der Waals surface area contributed by atoms with Gasteiger partial charge in [0.25, 0.3) is 0 Å². The lowest BCUT2D eigenvalue weighted by molar-refractivity contribution is -0.279. The number of azide groups is 1. The zero-order valence-electron chi connectivity index (χ0n) is 18.6. The topological polar surface area (TPSA) is 200 Å². The van der Waals surface area contributed by atoms with Crippen molar-refractivity contribution in [2.24, 2.45) is 10.8 Å². The van der Waals surface area contributed by atoms with E-state index in [9.17, 15) is 28.5 Å². The molecule has 1 fully saturated rings. The number of nitrogens with zero attached hydrogens (tertiary/aromatic N) is 3. The van der Waals surface area contributed by atoms with Gasteiger partial charge in [0.15, 0.2) is 0 Å². The minimum Gasteiger partial charge on any atom is -0.475 e. The second-order valence-electron chi connectivity index (χ2n) is 7.35. The van der Waals surface area contributed by atoms with Crippen molar-refractivity contribution in [3.05, 3.63) is 40.3 Å². The van der Waals surface area contributed by atoms with Crippen molar-refractivity contribution in [2.75, 3.05) is 26.3 Å². The molecule has 0 amide bonds. The molecule has 0 unspecified atom stereocenters. The number of unbranched alkanes of at least 4 members (excludes halogenated alkanes) is 1. The minimum atomic E-state index is -5.08. The highest BCUT2D eigenvalue weighted by Crippen LogP contribution is 2.25. The van der Waals surface area contributed by atoms with Crippen LogP contribution in [0.2, 0.25) is 0 Å². The second kappa shape index (κ2) is 15.4. The number of hydrogen-bond acceptors (Lipinski definition) is 9. The third kappa shape index (κ3) is 11.1. The third-order valence-corrected chi connectivity index (χ3v) is 4.66. The van der Waals surface area contributed by atoms with Crippen LogP contribution in [0.4, 0.5) is 13.2 Å². The number of aliphatic hydroxyl groups excluding tert-OH is 3. The number of benzene rings is 1. The van der Waals surface area contributed by atoms with Crippen LogP contribution < -0.4 is 10.5 Å². The number of nitrogens with two attached hydrogens (primary N) is 1. The van der Waals surface area contributed by atoms with E-state index in [1.165, 1.54) is 0 Å². The summed E-state index contributed by atoms with van der Waals surface area (Å²) in [7, 11) is 0. The number of hydrogen-bond donors (Lipinski definition) is 5. The molecular formula is C20H29F3N4O8. The molecule has 198 valence electrons. The highest BCUT2D eigenvalue weighted by atomic mass is 19.4. The van der Waals surface area contributed by atoms with Gasteiger partial charge in [0.1, 0.15) is 30.2 Å². The SMILES string of the molecule is O=C(O)C(F)(F)F.[N-]=[N+]=NCCCCOC[C@H]1O[C@@H](Oc2ccc(CCN)cc2)[C@H](O)[C@@H](O)[C@@H]1O. The standard InChI is InChI=1S/C18H28N4O6.C2HF3O2/c19-8-7-12-3-5-13(6-4-12)27-18-17(25)16(24)15(23)14(28-18)11-26-10-2-1-9-21-22-20;3-2(4,5)1(6)7/h3-6,14-18,23-25H,1-2,7-11,19H2;(H,6,7)/t14-,15-,16+,17-,18-;/m1./s1. The van der Waals surface area contributed by atoms with E-state index >= 15 is 0 Å². The van der Waals surface area contributed by atoms with Gasteiger partial charge in [-0.05, 0) is 49.0 Å². The maximum absolute atomic E-state index is 10.6. The van der Waals surface area contributed by atoms with E-state index in [-0.39, 0.29) is 6.61 Å². The maximum atomic E-state index is 10.6. The molecule has 15 heteroatoms. The first-order valence-corrected chi connectivity index (χ1v) is 10.5. The van der Waals surface area contributed by atoms with Crippen molar-refractivity contribution in [2.45, 2.75) is 56.1 Å². The lowest BCUT2D eigenvalue weighted by atomic mass is 9.99. The number of carboxylic acids is 1. The number of ether oxygens (including phenoxy) is 3. The van der Waals surface area contributed by atoms with E-state index in [0.717, 1.165) is 12.0 Å². The second-order valence-corrected chi connectivity index (χ2v) is 7.35. The highest BCUT2D eigenvalue weighted by molar-refractivity contribution is 5.73. The number of alkyl halides is 3. The molecule has 1 saturated heterocycles. The molecular weight excluding hydrogens is 481 g/mol. The van der Waals surface area contributed by atoms with Gasteiger partial charge in [-0.15, -0.1) is 0 Å². The highest BCUT2D eigenvalue weighted by Gasteiger charge is 2.45. The lowest BCUT2D eigenvalue weighted by Gasteiger charge is -2.40. The van der Waals surface area contributed by atoms with Crippen LogP contribution in [-0.2, 0) is 20.7 Å². The molecule has 2 rings (SSSR count). The largest absolute Gasteiger partial charge is 0.490 e. The van der Waals surface area contributed by atoms with Gasteiger partial charge in [0.2, 0.25) is 6.29 Å². The lowest BCUT2D eigenvalue weighted by Crippen LogP contribution is -2.60. The van der Waals surface area contributed by atoms with Gasteiger partial charge >= 0.3 is 12.1 Å². The Morgan fingerprint density at radius 3 is 2.31 bits per heavy atom. The van der Waals surface area contributed by atoms with Crippen molar-refractivity contribution in [3.63, 3.8) is 0 Å². The van der Waals surface area contributed by atoms with E-state index in [0.29, 0.717) is 38.3 Å². The third-order valence-electron chi connectivity index (χ3n) is 4.66. The van der Waals surface area contributed by atoms with Crippen LogP contribution in [0.25, 0.3) is 10.4 Å². The molecule has 6 N–H and O–H groups in total. The molecule has 0 radical (unpaired) electrons. The van der Waals surface area contributed by atoms with Gasteiger partial charge in [-0.3, -0.25) is 0 Å². The molecule has 0 aromatic heterocycles. The molecule has 5 atom stereocenters. The first kappa shape index (κ1) is 30.4. The summed E-state index contributed by atoms with van der Waals surface area (Å²) in [5, 5.41) is 40.9. The Labute approximate surface area is 198 Å². The molecule has 0 spiro atoms. The Balaban J connectivity index is 0.000000762. The smallest absolute Gasteiger partial charge is 0.475 e. The molecule has 0 aliphatic carbocycles. The molecule has 0 bridgehead atoms. The Kier molecular flexibility index (Phi) is 13.3. The van der Waals surface area contributed by atoms with Gasteiger partial charge in [-0.1, -0.05) is 17.2 Å². The predicted octanol–water partition coefficient (Wildman–Crippen LogP) is 1.11.